The van der Waals surface area contributed by atoms with E-state index >= 15 is 0 Å². The van der Waals surface area contributed by atoms with Gasteiger partial charge in [-0.3, -0.25) is 4.90 Å². The second kappa shape index (κ2) is 6.16. The van der Waals surface area contributed by atoms with Crippen LogP contribution >= 0.6 is 0 Å². The molecule has 2 bridgehead atoms. The number of piperidine rings is 1. The SMILES string of the molecule is COC[C@H]1[C@@H](OC(=O)c2ccccc2)C[C@H]2CC[C@@H]1N2C. The molecule has 4 heteroatoms. The fourth-order valence-electron chi connectivity index (χ4n) is 3.86. The topological polar surface area (TPSA) is 38.8 Å². The molecular weight excluding hydrogens is 266 g/mol. The Bertz CT molecular complexity index is 490. The zero-order valence-corrected chi connectivity index (χ0v) is 12.7. The predicted molar refractivity (Wildman–Crippen MR) is 80.2 cm³/mol. The van der Waals surface area contributed by atoms with Crippen LogP contribution in [-0.2, 0) is 9.47 Å². The second-order valence-corrected chi connectivity index (χ2v) is 6.13. The average Bonchev–Trinajstić information content (AvgIpc) is 2.75. The van der Waals surface area contributed by atoms with Gasteiger partial charge < -0.3 is 9.47 Å². The van der Waals surface area contributed by atoms with E-state index in [4.69, 9.17) is 9.47 Å². The molecule has 2 aliphatic rings. The van der Waals surface area contributed by atoms with Gasteiger partial charge in [0.2, 0.25) is 0 Å². The van der Waals surface area contributed by atoms with E-state index in [1.165, 1.54) is 12.8 Å². The van der Waals surface area contributed by atoms with Crippen LogP contribution in [0.5, 0.6) is 0 Å². The summed E-state index contributed by atoms with van der Waals surface area (Å²) in [7, 11) is 3.90. The summed E-state index contributed by atoms with van der Waals surface area (Å²) in [4.78, 5) is 14.7. The number of fused-ring (bicyclic) bond motifs is 2. The van der Waals surface area contributed by atoms with Gasteiger partial charge in [0.15, 0.2) is 0 Å². The lowest BCUT2D eigenvalue weighted by Gasteiger charge is -2.42. The molecule has 0 unspecified atom stereocenters. The molecule has 4 nitrogen and oxygen atoms in total. The summed E-state index contributed by atoms with van der Waals surface area (Å²) in [5.74, 6) is 0.0528. The number of methoxy groups -OCH3 is 1. The number of hydrogen-bond donors (Lipinski definition) is 0. The first-order valence-electron chi connectivity index (χ1n) is 7.67. The van der Waals surface area contributed by atoms with Crippen LogP contribution < -0.4 is 0 Å². The molecule has 2 heterocycles. The molecule has 0 N–H and O–H groups in total. The van der Waals surface area contributed by atoms with Crippen LogP contribution in [0.25, 0.3) is 0 Å². The molecular formula is C17H23NO3. The molecule has 0 aromatic heterocycles. The second-order valence-electron chi connectivity index (χ2n) is 6.13. The third-order valence-electron chi connectivity index (χ3n) is 5.00. The average molecular weight is 289 g/mol. The van der Waals surface area contributed by atoms with Crippen molar-refractivity contribution in [3.05, 3.63) is 35.9 Å². The van der Waals surface area contributed by atoms with E-state index in [-0.39, 0.29) is 18.0 Å². The van der Waals surface area contributed by atoms with Gasteiger partial charge in [0.25, 0.3) is 0 Å². The molecule has 2 aliphatic heterocycles. The number of nitrogens with zero attached hydrogens (tertiary/aromatic N) is 1. The summed E-state index contributed by atoms with van der Waals surface area (Å²) in [5, 5.41) is 0. The van der Waals surface area contributed by atoms with E-state index < -0.39 is 0 Å². The summed E-state index contributed by atoms with van der Waals surface area (Å²) in [5.41, 5.74) is 0.625. The quantitative estimate of drug-likeness (QED) is 0.798. The van der Waals surface area contributed by atoms with Crippen molar-refractivity contribution in [1.29, 1.82) is 0 Å². The van der Waals surface area contributed by atoms with Gasteiger partial charge in [-0.2, -0.15) is 0 Å². The van der Waals surface area contributed by atoms with Crippen molar-refractivity contribution < 1.29 is 14.3 Å². The molecule has 1 aromatic carbocycles. The van der Waals surface area contributed by atoms with Crippen molar-refractivity contribution >= 4 is 5.97 Å². The first-order chi connectivity index (χ1) is 10.2. The van der Waals surface area contributed by atoms with Crippen LogP contribution in [0.3, 0.4) is 0 Å². The van der Waals surface area contributed by atoms with E-state index in [0.29, 0.717) is 24.3 Å². The van der Waals surface area contributed by atoms with Crippen molar-refractivity contribution in [1.82, 2.24) is 4.90 Å². The normalized spacial score (nSPS) is 32.1. The largest absolute Gasteiger partial charge is 0.458 e. The highest BCUT2D eigenvalue weighted by Crippen LogP contribution is 2.39. The summed E-state index contributed by atoms with van der Waals surface area (Å²) in [6.45, 7) is 0.647. The van der Waals surface area contributed by atoms with Crippen molar-refractivity contribution in [2.24, 2.45) is 5.92 Å². The Hall–Kier alpha value is -1.39. The molecule has 114 valence electrons. The van der Waals surface area contributed by atoms with Crippen molar-refractivity contribution in [2.75, 3.05) is 20.8 Å². The lowest BCUT2D eigenvalue weighted by molar-refractivity contribution is -0.0553. The number of rotatable bonds is 4. The van der Waals surface area contributed by atoms with Crippen LogP contribution in [0.1, 0.15) is 29.6 Å². The molecule has 0 saturated carbocycles. The summed E-state index contributed by atoms with van der Waals surface area (Å²) < 4.78 is 11.2. The highest BCUT2D eigenvalue weighted by Gasteiger charge is 2.47. The lowest BCUT2D eigenvalue weighted by atomic mass is 9.88. The Morgan fingerprint density at radius 3 is 2.76 bits per heavy atom. The first-order valence-corrected chi connectivity index (χ1v) is 7.67. The fraction of sp³-hybridized carbons (Fsp3) is 0.588. The Kier molecular flexibility index (Phi) is 4.27. The van der Waals surface area contributed by atoms with Gasteiger partial charge in [0, 0.05) is 31.5 Å². The van der Waals surface area contributed by atoms with Crippen molar-refractivity contribution in [3.63, 3.8) is 0 Å². The number of carbonyl (C=O) groups excluding carboxylic acids is 1. The van der Waals surface area contributed by atoms with Crippen LogP contribution in [0.2, 0.25) is 0 Å². The first kappa shape index (κ1) is 14.5. The van der Waals surface area contributed by atoms with Gasteiger partial charge in [-0.1, -0.05) is 18.2 Å². The predicted octanol–water partition coefficient (Wildman–Crippen LogP) is 2.34. The van der Waals surface area contributed by atoms with E-state index in [1.807, 2.05) is 18.2 Å². The Labute approximate surface area is 126 Å². The van der Waals surface area contributed by atoms with Crippen molar-refractivity contribution in [3.8, 4) is 0 Å². The van der Waals surface area contributed by atoms with E-state index in [0.717, 1.165) is 6.42 Å². The highest BCUT2D eigenvalue weighted by atomic mass is 16.5. The summed E-state index contributed by atoms with van der Waals surface area (Å²) in [6, 6.07) is 10.2. The lowest BCUT2D eigenvalue weighted by Crippen LogP contribution is -2.51. The smallest absolute Gasteiger partial charge is 0.338 e. The zero-order chi connectivity index (χ0) is 14.8. The van der Waals surface area contributed by atoms with Gasteiger partial charge >= 0.3 is 5.97 Å². The molecule has 2 saturated heterocycles. The van der Waals surface area contributed by atoms with Crippen molar-refractivity contribution in [2.45, 2.75) is 37.5 Å². The Balaban J connectivity index is 1.73. The molecule has 0 amide bonds. The van der Waals surface area contributed by atoms with E-state index in [2.05, 4.69) is 11.9 Å². The molecule has 3 rings (SSSR count). The number of benzene rings is 1. The molecule has 0 aliphatic carbocycles. The van der Waals surface area contributed by atoms with Crippen LogP contribution in [0, 0.1) is 5.92 Å². The van der Waals surface area contributed by atoms with Gasteiger partial charge in [-0.25, -0.2) is 4.79 Å². The minimum atomic E-state index is -0.217. The third-order valence-corrected chi connectivity index (χ3v) is 5.00. The maximum Gasteiger partial charge on any atom is 0.338 e. The van der Waals surface area contributed by atoms with Crippen LogP contribution in [0.15, 0.2) is 30.3 Å². The number of esters is 1. The molecule has 0 radical (unpaired) electrons. The summed E-state index contributed by atoms with van der Waals surface area (Å²) in [6.07, 6.45) is 3.25. The molecule has 1 aromatic rings. The third kappa shape index (κ3) is 2.83. The van der Waals surface area contributed by atoms with Gasteiger partial charge in [-0.05, 0) is 32.0 Å². The Morgan fingerprint density at radius 1 is 1.29 bits per heavy atom. The maximum atomic E-state index is 12.3. The number of ether oxygens (including phenoxy) is 2. The molecule has 4 atom stereocenters. The van der Waals surface area contributed by atoms with Crippen LogP contribution in [0.4, 0.5) is 0 Å². The van der Waals surface area contributed by atoms with E-state index in [1.54, 1.807) is 19.2 Å². The van der Waals surface area contributed by atoms with E-state index in [9.17, 15) is 4.79 Å². The number of hydrogen-bond acceptors (Lipinski definition) is 4. The molecule has 2 fully saturated rings. The van der Waals surface area contributed by atoms with Gasteiger partial charge in [-0.15, -0.1) is 0 Å². The molecule has 0 spiro atoms. The summed E-state index contributed by atoms with van der Waals surface area (Å²) >= 11 is 0. The molecule has 21 heavy (non-hydrogen) atoms. The van der Waals surface area contributed by atoms with Crippen LogP contribution in [-0.4, -0.2) is 49.8 Å². The monoisotopic (exact) mass is 289 g/mol. The Morgan fingerprint density at radius 2 is 2.05 bits per heavy atom. The fourth-order valence-corrected chi connectivity index (χ4v) is 3.86. The maximum absolute atomic E-state index is 12.3. The minimum Gasteiger partial charge on any atom is -0.458 e. The zero-order valence-electron chi connectivity index (χ0n) is 12.7. The van der Waals surface area contributed by atoms with Gasteiger partial charge in [0.05, 0.1) is 12.2 Å². The number of carbonyl (C=O) groups is 1. The minimum absolute atomic E-state index is 0.0358. The highest BCUT2D eigenvalue weighted by molar-refractivity contribution is 5.89. The standard InChI is InChI=1S/C17H23NO3/c1-18-13-8-9-15(18)14(11-20-2)16(10-13)21-17(19)12-6-4-3-5-7-12/h3-7,13-16H,8-11H2,1-2H3/t13-,14-,15+,16+/m1/s1. The van der Waals surface area contributed by atoms with Gasteiger partial charge in [0.1, 0.15) is 6.10 Å².